The summed E-state index contributed by atoms with van der Waals surface area (Å²) in [4.78, 5) is 34.3. The van der Waals surface area contributed by atoms with Crippen molar-refractivity contribution in [2.45, 2.75) is 18.8 Å². The molecule has 0 radical (unpaired) electrons. The molecular weight excluding hydrogens is 372 g/mol. The summed E-state index contributed by atoms with van der Waals surface area (Å²) in [6.45, 7) is 1.58. The van der Waals surface area contributed by atoms with Gasteiger partial charge in [-0.15, -0.1) is 0 Å². The van der Waals surface area contributed by atoms with Gasteiger partial charge >= 0.3 is 11.7 Å². The molecule has 0 unspecified atom stereocenters. The molecule has 0 spiro atoms. The Hall–Kier alpha value is -0.890. The molecule has 0 atom stereocenters. The minimum atomic E-state index is -0.440. The first-order valence-electron chi connectivity index (χ1n) is 5.07. The summed E-state index contributed by atoms with van der Waals surface area (Å²) in [5, 5.41) is 0.346. The number of ether oxygens (including phenoxy) is 1. The number of carbonyl (C=O) groups excluding carboxylic acids is 1. The summed E-state index contributed by atoms with van der Waals surface area (Å²) in [7, 11) is 1.40. The number of hydrogen-bond acceptors (Lipinski definition) is 4. The van der Waals surface area contributed by atoms with Crippen molar-refractivity contribution in [1.29, 1.82) is 0 Å². The summed E-state index contributed by atoms with van der Waals surface area (Å²) in [6, 6.07) is 0. The van der Waals surface area contributed by atoms with Gasteiger partial charge in [0.15, 0.2) is 0 Å². The monoisotopic (exact) mass is 382 g/mol. The van der Waals surface area contributed by atoms with E-state index in [9.17, 15) is 14.4 Å². The molecule has 1 aromatic rings. The molecule has 1 heterocycles. The Morgan fingerprint density at radius 3 is 2.50 bits per heavy atom. The fourth-order valence-corrected chi connectivity index (χ4v) is 2.99. The van der Waals surface area contributed by atoms with Gasteiger partial charge in [0.2, 0.25) is 0 Å². The number of nitrogens with zero attached hydrogens (tertiary/aromatic N) is 2. The zero-order valence-corrected chi connectivity index (χ0v) is 13.1. The Balaban J connectivity index is 3.21. The molecule has 8 heteroatoms. The maximum atomic E-state index is 11.9. The van der Waals surface area contributed by atoms with Crippen molar-refractivity contribution >= 4 is 37.8 Å². The number of carbonyl (C=O) groups is 1. The lowest BCUT2D eigenvalue weighted by Gasteiger charge is -2.13. The molecule has 0 aliphatic carbocycles. The lowest BCUT2D eigenvalue weighted by molar-refractivity contribution is -0.141. The van der Waals surface area contributed by atoms with Crippen LogP contribution in [0.3, 0.4) is 0 Å². The Morgan fingerprint density at radius 2 is 2.00 bits per heavy atom. The normalized spacial score (nSPS) is 10.4. The predicted molar refractivity (Wildman–Crippen MR) is 72.9 cm³/mol. The van der Waals surface area contributed by atoms with Crippen molar-refractivity contribution in [3.05, 3.63) is 31.0 Å². The van der Waals surface area contributed by atoms with Gasteiger partial charge in [-0.3, -0.25) is 18.7 Å². The van der Waals surface area contributed by atoms with Crippen molar-refractivity contribution in [2.24, 2.45) is 7.05 Å². The van der Waals surface area contributed by atoms with Crippen LogP contribution in [-0.4, -0.2) is 21.7 Å². The van der Waals surface area contributed by atoms with E-state index in [4.69, 9.17) is 4.74 Å². The SMILES string of the molecule is CC(=O)OCCn1c(CBr)c(Br)c(=O)n(C)c1=O. The topological polar surface area (TPSA) is 70.3 Å². The van der Waals surface area contributed by atoms with Crippen LogP contribution in [-0.2, 0) is 28.5 Å². The number of rotatable bonds is 4. The second kappa shape index (κ2) is 6.33. The molecule has 0 aromatic carbocycles. The number of aromatic nitrogens is 2. The van der Waals surface area contributed by atoms with Crippen LogP contribution in [0.15, 0.2) is 14.1 Å². The molecule has 0 aliphatic rings. The summed E-state index contributed by atoms with van der Waals surface area (Å²) >= 11 is 6.39. The minimum Gasteiger partial charge on any atom is -0.464 e. The van der Waals surface area contributed by atoms with Gasteiger partial charge in [-0.1, -0.05) is 15.9 Å². The quantitative estimate of drug-likeness (QED) is 0.568. The van der Waals surface area contributed by atoms with Gasteiger partial charge in [0.1, 0.15) is 11.1 Å². The lowest BCUT2D eigenvalue weighted by Crippen LogP contribution is -2.41. The van der Waals surface area contributed by atoms with Gasteiger partial charge in [-0.05, 0) is 15.9 Å². The zero-order chi connectivity index (χ0) is 13.9. The molecule has 0 saturated heterocycles. The number of hydrogen-bond donors (Lipinski definition) is 0. The van der Waals surface area contributed by atoms with E-state index in [-0.39, 0.29) is 13.2 Å². The van der Waals surface area contributed by atoms with Crippen LogP contribution in [0.4, 0.5) is 0 Å². The average molecular weight is 384 g/mol. The van der Waals surface area contributed by atoms with Crippen molar-refractivity contribution in [3.8, 4) is 0 Å². The lowest BCUT2D eigenvalue weighted by atomic mass is 10.4. The van der Waals surface area contributed by atoms with Gasteiger partial charge in [0.05, 0.1) is 12.2 Å². The largest absolute Gasteiger partial charge is 0.464 e. The van der Waals surface area contributed by atoms with E-state index >= 15 is 0 Å². The van der Waals surface area contributed by atoms with Gasteiger partial charge in [0, 0.05) is 19.3 Å². The second-order valence-electron chi connectivity index (χ2n) is 3.53. The Bertz CT molecular complexity index is 576. The van der Waals surface area contributed by atoms with E-state index < -0.39 is 17.2 Å². The third kappa shape index (κ3) is 3.11. The maximum absolute atomic E-state index is 11.9. The minimum absolute atomic E-state index is 0.0832. The standard InChI is InChI=1S/C10H12Br2N2O4/c1-6(15)18-4-3-14-7(5-11)8(12)9(16)13(2)10(14)17/h3-5H2,1-2H3. The van der Waals surface area contributed by atoms with Gasteiger partial charge in [-0.2, -0.15) is 0 Å². The first kappa shape index (κ1) is 15.2. The Labute approximate surface area is 120 Å². The van der Waals surface area contributed by atoms with Crippen molar-refractivity contribution in [1.82, 2.24) is 9.13 Å². The van der Waals surface area contributed by atoms with E-state index in [2.05, 4.69) is 31.9 Å². The highest BCUT2D eigenvalue weighted by Gasteiger charge is 2.14. The zero-order valence-electron chi connectivity index (χ0n) is 9.90. The third-order valence-electron chi connectivity index (χ3n) is 2.34. The first-order valence-corrected chi connectivity index (χ1v) is 6.99. The van der Waals surface area contributed by atoms with Crippen molar-refractivity contribution in [3.63, 3.8) is 0 Å². The molecule has 0 N–H and O–H groups in total. The molecule has 0 saturated carbocycles. The predicted octanol–water partition coefficient (Wildman–Crippen LogP) is 0.767. The van der Waals surface area contributed by atoms with Crippen molar-refractivity contribution in [2.75, 3.05) is 6.61 Å². The molecule has 6 nitrogen and oxygen atoms in total. The molecule has 0 fully saturated rings. The summed E-state index contributed by atoms with van der Waals surface area (Å²) in [5.41, 5.74) is -0.307. The second-order valence-corrected chi connectivity index (χ2v) is 4.89. The van der Waals surface area contributed by atoms with Crippen LogP contribution in [0.5, 0.6) is 0 Å². The van der Waals surface area contributed by atoms with Crippen LogP contribution < -0.4 is 11.2 Å². The van der Waals surface area contributed by atoms with Gasteiger partial charge < -0.3 is 4.74 Å². The van der Waals surface area contributed by atoms with Gasteiger partial charge in [0.25, 0.3) is 5.56 Å². The highest BCUT2D eigenvalue weighted by atomic mass is 79.9. The smallest absolute Gasteiger partial charge is 0.331 e. The summed E-state index contributed by atoms with van der Waals surface area (Å²) < 4.78 is 7.51. The van der Waals surface area contributed by atoms with Crippen LogP contribution in [0.2, 0.25) is 0 Å². The van der Waals surface area contributed by atoms with Crippen LogP contribution in [0.25, 0.3) is 0 Å². The Morgan fingerprint density at radius 1 is 1.39 bits per heavy atom. The van der Waals surface area contributed by atoms with Crippen LogP contribution in [0.1, 0.15) is 12.6 Å². The van der Waals surface area contributed by atoms with Gasteiger partial charge in [-0.25, -0.2) is 4.79 Å². The van der Waals surface area contributed by atoms with E-state index in [1.54, 1.807) is 0 Å². The maximum Gasteiger partial charge on any atom is 0.331 e. The fraction of sp³-hybridized carbons (Fsp3) is 0.500. The van der Waals surface area contributed by atoms with Crippen LogP contribution >= 0.6 is 31.9 Å². The number of halogens is 2. The van der Waals surface area contributed by atoms with Crippen molar-refractivity contribution < 1.29 is 9.53 Å². The molecule has 1 rings (SSSR count). The van der Waals surface area contributed by atoms with E-state index in [1.165, 1.54) is 18.5 Å². The summed E-state index contributed by atoms with van der Waals surface area (Å²) in [6.07, 6.45) is 0. The van der Waals surface area contributed by atoms with E-state index in [0.29, 0.717) is 15.5 Å². The molecular formula is C10H12Br2N2O4. The molecule has 0 aliphatic heterocycles. The molecule has 0 bridgehead atoms. The summed E-state index contributed by atoms with van der Waals surface area (Å²) in [5.74, 6) is -0.410. The molecule has 18 heavy (non-hydrogen) atoms. The van der Waals surface area contributed by atoms with E-state index in [1.807, 2.05) is 0 Å². The first-order chi connectivity index (χ1) is 8.40. The molecule has 1 aromatic heterocycles. The molecule has 0 amide bonds. The number of esters is 1. The van der Waals surface area contributed by atoms with Crippen LogP contribution in [0, 0.1) is 0 Å². The highest BCUT2D eigenvalue weighted by Crippen LogP contribution is 2.13. The number of alkyl halides is 1. The third-order valence-corrected chi connectivity index (χ3v) is 3.66. The average Bonchev–Trinajstić information content (AvgIpc) is 2.33. The van der Waals surface area contributed by atoms with E-state index in [0.717, 1.165) is 4.57 Å². The Kier molecular flexibility index (Phi) is 5.33. The fourth-order valence-electron chi connectivity index (χ4n) is 1.41. The molecule has 100 valence electrons. The highest BCUT2D eigenvalue weighted by molar-refractivity contribution is 9.10.